The van der Waals surface area contributed by atoms with Crippen LogP contribution in [0, 0.1) is 18.8 Å². The molecule has 1 rings (SSSR count). The molecule has 0 amide bonds. The molecule has 0 spiro atoms. The van der Waals surface area contributed by atoms with E-state index in [-0.39, 0.29) is 0 Å². The van der Waals surface area contributed by atoms with Crippen LogP contribution < -0.4 is 5.32 Å². The van der Waals surface area contributed by atoms with Crippen LogP contribution in [0.25, 0.3) is 6.08 Å². The van der Waals surface area contributed by atoms with Gasteiger partial charge in [0.1, 0.15) is 0 Å². The Bertz CT molecular complexity index is 430. The summed E-state index contributed by atoms with van der Waals surface area (Å²) >= 11 is 0. The van der Waals surface area contributed by atoms with Gasteiger partial charge in [0, 0.05) is 12.7 Å². The molecular formula is C14H17N. The molecule has 0 atom stereocenters. The van der Waals surface area contributed by atoms with Crippen LogP contribution in [0.4, 0.5) is 5.69 Å². The summed E-state index contributed by atoms with van der Waals surface area (Å²) in [5, 5.41) is 3.19. The highest BCUT2D eigenvalue weighted by Crippen LogP contribution is 2.19. The molecule has 0 saturated carbocycles. The van der Waals surface area contributed by atoms with Gasteiger partial charge in [-0.15, -0.1) is 5.92 Å². The maximum Gasteiger partial charge on any atom is 0.0414 e. The fourth-order valence-corrected chi connectivity index (χ4v) is 1.48. The van der Waals surface area contributed by atoms with E-state index in [4.69, 9.17) is 0 Å². The van der Waals surface area contributed by atoms with Gasteiger partial charge >= 0.3 is 0 Å². The van der Waals surface area contributed by atoms with Crippen LogP contribution in [0.1, 0.15) is 25.0 Å². The summed E-state index contributed by atoms with van der Waals surface area (Å²) in [6.45, 7) is 5.97. The van der Waals surface area contributed by atoms with E-state index in [0.29, 0.717) is 0 Å². The third-order valence-electron chi connectivity index (χ3n) is 2.17. The number of hydrogen-bond donors (Lipinski definition) is 1. The molecule has 0 aliphatic heterocycles. The second kappa shape index (κ2) is 5.26. The van der Waals surface area contributed by atoms with Gasteiger partial charge in [-0.3, -0.25) is 0 Å². The van der Waals surface area contributed by atoms with Crippen molar-refractivity contribution < 1.29 is 0 Å². The number of rotatable bonds is 2. The molecule has 78 valence electrons. The van der Waals surface area contributed by atoms with Crippen molar-refractivity contribution in [1.82, 2.24) is 0 Å². The average Bonchev–Trinajstić information content (AvgIpc) is 2.21. The Hall–Kier alpha value is -1.68. The van der Waals surface area contributed by atoms with Crippen LogP contribution in [0.3, 0.4) is 0 Å². The molecule has 0 aliphatic carbocycles. The summed E-state index contributed by atoms with van der Waals surface area (Å²) < 4.78 is 0. The van der Waals surface area contributed by atoms with E-state index in [2.05, 4.69) is 48.4 Å². The number of nitrogens with one attached hydrogen (secondary N) is 1. The quantitative estimate of drug-likeness (QED) is 0.719. The second-order valence-electron chi connectivity index (χ2n) is 3.54. The van der Waals surface area contributed by atoms with Gasteiger partial charge in [-0.25, -0.2) is 0 Å². The zero-order valence-electron chi connectivity index (χ0n) is 9.81. The smallest absolute Gasteiger partial charge is 0.0414 e. The standard InChI is InChI=1S/C14H17N/c1-5-6-11(2)9-13-8-7-12(3)10-14(13)15-4/h7-10,15H,1-4H3/b11-9+. The lowest BCUT2D eigenvalue weighted by Gasteiger charge is -2.06. The molecule has 0 bridgehead atoms. The largest absolute Gasteiger partial charge is 0.388 e. The number of benzene rings is 1. The summed E-state index contributed by atoms with van der Waals surface area (Å²) in [6.07, 6.45) is 2.10. The van der Waals surface area contributed by atoms with E-state index < -0.39 is 0 Å². The van der Waals surface area contributed by atoms with E-state index >= 15 is 0 Å². The molecule has 1 heteroatoms. The van der Waals surface area contributed by atoms with E-state index in [1.807, 2.05) is 20.9 Å². The number of aryl methyl sites for hydroxylation is 1. The van der Waals surface area contributed by atoms with Crippen molar-refractivity contribution >= 4 is 11.8 Å². The van der Waals surface area contributed by atoms with Gasteiger partial charge in [-0.1, -0.05) is 18.1 Å². The lowest BCUT2D eigenvalue weighted by molar-refractivity contribution is 1.41. The van der Waals surface area contributed by atoms with Crippen LogP contribution in [0.2, 0.25) is 0 Å². The van der Waals surface area contributed by atoms with Crippen molar-refractivity contribution in [1.29, 1.82) is 0 Å². The molecule has 0 aliphatic rings. The number of anilines is 1. The molecule has 1 nitrogen and oxygen atoms in total. The highest BCUT2D eigenvalue weighted by Gasteiger charge is 1.97. The van der Waals surface area contributed by atoms with Gasteiger partial charge in [0.2, 0.25) is 0 Å². The fraction of sp³-hybridized carbons (Fsp3) is 0.286. The Labute approximate surface area is 92.2 Å². The summed E-state index contributed by atoms with van der Waals surface area (Å²) in [7, 11) is 1.94. The molecule has 1 aromatic rings. The third-order valence-corrected chi connectivity index (χ3v) is 2.17. The molecule has 0 saturated heterocycles. The van der Waals surface area contributed by atoms with Crippen molar-refractivity contribution in [3.63, 3.8) is 0 Å². The van der Waals surface area contributed by atoms with Crippen LogP contribution in [-0.2, 0) is 0 Å². The van der Waals surface area contributed by atoms with E-state index in [1.165, 1.54) is 11.1 Å². The van der Waals surface area contributed by atoms with Gasteiger partial charge in [0.25, 0.3) is 0 Å². The van der Waals surface area contributed by atoms with Crippen LogP contribution in [-0.4, -0.2) is 7.05 Å². The van der Waals surface area contributed by atoms with E-state index in [9.17, 15) is 0 Å². The third kappa shape index (κ3) is 3.18. The first kappa shape index (κ1) is 11.4. The lowest BCUT2D eigenvalue weighted by atomic mass is 10.1. The zero-order valence-corrected chi connectivity index (χ0v) is 9.81. The molecule has 15 heavy (non-hydrogen) atoms. The first-order valence-corrected chi connectivity index (χ1v) is 5.07. The Kier molecular flexibility index (Phi) is 4.00. The summed E-state index contributed by atoms with van der Waals surface area (Å²) in [5.74, 6) is 5.94. The van der Waals surface area contributed by atoms with Gasteiger partial charge in [-0.05, 0) is 49.6 Å². The molecule has 1 N–H and O–H groups in total. The normalized spacial score (nSPS) is 10.5. The van der Waals surface area contributed by atoms with Crippen LogP contribution in [0.15, 0.2) is 23.8 Å². The maximum absolute atomic E-state index is 3.19. The molecule has 0 unspecified atom stereocenters. The number of allylic oxidation sites excluding steroid dienone is 1. The predicted octanol–water partition coefficient (Wildman–Crippen LogP) is 3.46. The molecular weight excluding hydrogens is 182 g/mol. The Morgan fingerprint density at radius 2 is 2.13 bits per heavy atom. The molecule has 0 aromatic heterocycles. The Balaban J connectivity index is 3.12. The first-order chi connectivity index (χ1) is 7.17. The Morgan fingerprint density at radius 1 is 1.40 bits per heavy atom. The van der Waals surface area contributed by atoms with Crippen LogP contribution in [0.5, 0.6) is 0 Å². The topological polar surface area (TPSA) is 12.0 Å². The minimum atomic E-state index is 1.08. The van der Waals surface area contributed by atoms with Gasteiger partial charge < -0.3 is 5.32 Å². The van der Waals surface area contributed by atoms with Crippen molar-refractivity contribution in [3.8, 4) is 11.8 Å². The Morgan fingerprint density at radius 3 is 2.73 bits per heavy atom. The van der Waals surface area contributed by atoms with Crippen molar-refractivity contribution in [2.75, 3.05) is 12.4 Å². The van der Waals surface area contributed by atoms with Gasteiger partial charge in [-0.2, -0.15) is 0 Å². The summed E-state index contributed by atoms with van der Waals surface area (Å²) in [5.41, 5.74) is 4.67. The summed E-state index contributed by atoms with van der Waals surface area (Å²) in [6, 6.07) is 6.36. The highest BCUT2D eigenvalue weighted by molar-refractivity contribution is 5.70. The van der Waals surface area contributed by atoms with Gasteiger partial charge in [0.05, 0.1) is 0 Å². The molecule has 0 fully saturated rings. The van der Waals surface area contributed by atoms with E-state index in [1.54, 1.807) is 0 Å². The summed E-state index contributed by atoms with van der Waals surface area (Å²) in [4.78, 5) is 0. The zero-order chi connectivity index (χ0) is 11.3. The fourth-order valence-electron chi connectivity index (χ4n) is 1.48. The second-order valence-corrected chi connectivity index (χ2v) is 3.54. The van der Waals surface area contributed by atoms with Crippen molar-refractivity contribution in [3.05, 3.63) is 34.9 Å². The SMILES string of the molecule is CC#C/C(C)=C/c1ccc(C)cc1NC. The lowest BCUT2D eigenvalue weighted by Crippen LogP contribution is -1.92. The van der Waals surface area contributed by atoms with Crippen molar-refractivity contribution in [2.24, 2.45) is 0 Å². The molecule has 0 radical (unpaired) electrons. The molecule has 1 aromatic carbocycles. The van der Waals surface area contributed by atoms with Gasteiger partial charge in [0.15, 0.2) is 0 Å². The monoisotopic (exact) mass is 199 g/mol. The van der Waals surface area contributed by atoms with Crippen LogP contribution >= 0.6 is 0 Å². The minimum Gasteiger partial charge on any atom is -0.388 e. The average molecular weight is 199 g/mol. The minimum absolute atomic E-state index is 1.08. The highest BCUT2D eigenvalue weighted by atomic mass is 14.8. The van der Waals surface area contributed by atoms with Crippen molar-refractivity contribution in [2.45, 2.75) is 20.8 Å². The predicted molar refractivity (Wildman–Crippen MR) is 67.8 cm³/mol. The maximum atomic E-state index is 3.19. The first-order valence-electron chi connectivity index (χ1n) is 5.07. The van der Waals surface area contributed by atoms with E-state index in [0.717, 1.165) is 11.3 Å². The molecule has 0 heterocycles. The number of hydrogen-bond acceptors (Lipinski definition) is 1.